The molecule has 1 atom stereocenters. The minimum Gasteiger partial charge on any atom is -0.480 e. The summed E-state index contributed by atoms with van der Waals surface area (Å²) < 4.78 is 0.679. The number of aliphatic carboxylic acids is 1. The van der Waals surface area contributed by atoms with E-state index in [-0.39, 0.29) is 0 Å². The van der Waals surface area contributed by atoms with Crippen LogP contribution in [0.4, 0.5) is 0 Å². The number of thioether (sulfide) groups is 1. The molecular weight excluding hydrogens is 256 g/mol. The van der Waals surface area contributed by atoms with Crippen molar-refractivity contribution >= 4 is 29.1 Å². The van der Waals surface area contributed by atoms with Gasteiger partial charge in [-0.1, -0.05) is 53.4 Å². The number of carbonyl (C=O) groups is 1. The number of carboxylic acid groups (broad SMARTS) is 1. The minimum absolute atomic E-state index is 0.636. The number of benzene rings is 1. The van der Waals surface area contributed by atoms with Gasteiger partial charge in [-0.2, -0.15) is 0 Å². The van der Waals surface area contributed by atoms with Gasteiger partial charge < -0.3 is 5.11 Å². The third-order valence-corrected chi connectivity index (χ3v) is 4.22. The standard InChI is InChI=1S/C11H10N2O2S2/c1-7-12-13-11(16-7)17-9(10(14)15)8-5-3-2-4-6-8/h2-6,9H,1H3,(H,14,15)/t9-/m0/s1. The van der Waals surface area contributed by atoms with Crippen molar-refractivity contribution in [1.82, 2.24) is 10.2 Å². The van der Waals surface area contributed by atoms with E-state index in [0.29, 0.717) is 4.34 Å². The van der Waals surface area contributed by atoms with Gasteiger partial charge in [0.2, 0.25) is 0 Å². The summed E-state index contributed by atoms with van der Waals surface area (Å²) in [6, 6.07) is 9.13. The average Bonchev–Trinajstić information content (AvgIpc) is 2.73. The minimum atomic E-state index is -0.867. The van der Waals surface area contributed by atoms with Gasteiger partial charge in [-0.25, -0.2) is 0 Å². The van der Waals surface area contributed by atoms with E-state index in [2.05, 4.69) is 10.2 Å². The van der Waals surface area contributed by atoms with Crippen molar-refractivity contribution in [2.24, 2.45) is 0 Å². The Morgan fingerprint density at radius 3 is 2.59 bits per heavy atom. The molecule has 0 unspecified atom stereocenters. The van der Waals surface area contributed by atoms with Crippen LogP contribution in [0.3, 0.4) is 0 Å². The van der Waals surface area contributed by atoms with Gasteiger partial charge in [-0.05, 0) is 12.5 Å². The fraction of sp³-hybridized carbons (Fsp3) is 0.182. The van der Waals surface area contributed by atoms with Crippen molar-refractivity contribution in [3.63, 3.8) is 0 Å². The predicted octanol–water partition coefficient (Wildman–Crippen LogP) is 2.76. The van der Waals surface area contributed by atoms with Crippen molar-refractivity contribution in [2.45, 2.75) is 16.5 Å². The second-order valence-corrected chi connectivity index (χ2v) is 5.87. The summed E-state index contributed by atoms with van der Waals surface area (Å²) in [6.07, 6.45) is 0. The highest BCUT2D eigenvalue weighted by Crippen LogP contribution is 2.36. The van der Waals surface area contributed by atoms with Crippen molar-refractivity contribution in [3.05, 3.63) is 40.9 Å². The first-order chi connectivity index (χ1) is 8.16. The van der Waals surface area contributed by atoms with Crippen molar-refractivity contribution in [3.8, 4) is 0 Å². The Bertz CT molecular complexity index is 513. The Morgan fingerprint density at radius 2 is 2.06 bits per heavy atom. The zero-order valence-electron chi connectivity index (χ0n) is 9.03. The van der Waals surface area contributed by atoms with Gasteiger partial charge in [0.25, 0.3) is 0 Å². The summed E-state index contributed by atoms with van der Waals surface area (Å²) in [6.45, 7) is 1.85. The lowest BCUT2D eigenvalue weighted by molar-refractivity contribution is -0.136. The molecule has 1 aromatic heterocycles. The molecule has 0 saturated heterocycles. The Hall–Kier alpha value is -1.40. The molecule has 0 aliphatic carbocycles. The number of hydrogen-bond donors (Lipinski definition) is 1. The number of hydrogen-bond acceptors (Lipinski definition) is 5. The second kappa shape index (κ2) is 5.29. The van der Waals surface area contributed by atoms with E-state index in [0.717, 1.165) is 10.6 Å². The Balaban J connectivity index is 2.22. The number of aromatic nitrogens is 2. The van der Waals surface area contributed by atoms with Crippen molar-refractivity contribution in [2.75, 3.05) is 0 Å². The third-order valence-electron chi connectivity index (χ3n) is 2.05. The first-order valence-corrected chi connectivity index (χ1v) is 6.61. The maximum absolute atomic E-state index is 11.2. The van der Waals surface area contributed by atoms with Crippen molar-refractivity contribution < 1.29 is 9.90 Å². The van der Waals surface area contributed by atoms with Crippen molar-refractivity contribution in [1.29, 1.82) is 0 Å². The molecule has 0 amide bonds. The third kappa shape index (κ3) is 3.04. The van der Waals surface area contributed by atoms with Crippen LogP contribution in [0.25, 0.3) is 0 Å². The Labute approximate surface area is 107 Å². The summed E-state index contributed by atoms with van der Waals surface area (Å²) in [5.41, 5.74) is 0.762. The second-order valence-electron chi connectivity index (χ2n) is 3.33. The van der Waals surface area contributed by atoms with Gasteiger partial charge in [0.05, 0.1) is 0 Å². The molecule has 0 spiro atoms. The van der Waals surface area contributed by atoms with Crippen LogP contribution in [-0.4, -0.2) is 21.3 Å². The summed E-state index contributed by atoms with van der Waals surface area (Å²) in [5.74, 6) is -0.867. The SMILES string of the molecule is Cc1nnc(S[C@H](C(=O)O)c2ccccc2)s1. The highest BCUT2D eigenvalue weighted by Gasteiger charge is 2.22. The molecule has 0 fully saturated rings. The summed E-state index contributed by atoms with van der Waals surface area (Å²) >= 11 is 2.62. The smallest absolute Gasteiger partial charge is 0.321 e. The van der Waals surface area contributed by atoms with Crippen LogP contribution >= 0.6 is 23.1 Å². The highest BCUT2D eigenvalue weighted by molar-refractivity contribution is 8.01. The van der Waals surface area contributed by atoms with Crippen LogP contribution in [-0.2, 0) is 4.79 Å². The zero-order chi connectivity index (χ0) is 12.3. The maximum atomic E-state index is 11.2. The number of nitrogens with zero attached hydrogens (tertiary/aromatic N) is 2. The summed E-state index contributed by atoms with van der Waals surface area (Å²) in [7, 11) is 0. The Kier molecular flexibility index (Phi) is 3.75. The topological polar surface area (TPSA) is 63.1 Å². The molecule has 1 aromatic carbocycles. The van der Waals surface area contributed by atoms with E-state index in [1.807, 2.05) is 25.1 Å². The lowest BCUT2D eigenvalue weighted by Crippen LogP contribution is -2.07. The lowest BCUT2D eigenvalue weighted by Gasteiger charge is -2.09. The van der Waals surface area contributed by atoms with Crippen LogP contribution < -0.4 is 0 Å². The average molecular weight is 266 g/mol. The van der Waals surface area contributed by atoms with E-state index in [1.54, 1.807) is 12.1 Å². The molecule has 0 radical (unpaired) electrons. The number of carboxylic acids is 1. The molecule has 0 bridgehead atoms. The molecule has 0 aliphatic heterocycles. The fourth-order valence-electron chi connectivity index (χ4n) is 1.32. The van der Waals surface area contributed by atoms with Crippen LogP contribution in [0.2, 0.25) is 0 Å². The lowest BCUT2D eigenvalue weighted by atomic mass is 10.1. The largest absolute Gasteiger partial charge is 0.480 e. The van der Waals surface area contributed by atoms with Gasteiger partial charge in [0, 0.05) is 0 Å². The van der Waals surface area contributed by atoms with Gasteiger partial charge >= 0.3 is 5.97 Å². The predicted molar refractivity (Wildman–Crippen MR) is 67.3 cm³/mol. The number of aryl methyl sites for hydroxylation is 1. The van der Waals surface area contributed by atoms with E-state index in [4.69, 9.17) is 0 Å². The first kappa shape index (κ1) is 12.1. The number of rotatable bonds is 4. The zero-order valence-corrected chi connectivity index (χ0v) is 10.7. The highest BCUT2D eigenvalue weighted by atomic mass is 32.2. The quantitative estimate of drug-likeness (QED) is 0.862. The van der Waals surface area contributed by atoms with Crippen LogP contribution in [0, 0.1) is 6.92 Å². The molecule has 0 aliphatic rings. The molecule has 4 nitrogen and oxygen atoms in total. The van der Waals surface area contributed by atoms with Gasteiger partial charge in [0.15, 0.2) is 4.34 Å². The van der Waals surface area contributed by atoms with Gasteiger partial charge in [0.1, 0.15) is 10.3 Å². The van der Waals surface area contributed by atoms with E-state index in [1.165, 1.54) is 23.1 Å². The normalized spacial score (nSPS) is 12.3. The molecule has 0 saturated carbocycles. The molecule has 1 heterocycles. The fourth-order valence-corrected chi connectivity index (χ4v) is 3.26. The van der Waals surface area contributed by atoms with Gasteiger partial charge in [-0.3, -0.25) is 4.79 Å². The molecular formula is C11H10N2O2S2. The molecule has 6 heteroatoms. The van der Waals surface area contributed by atoms with Crippen LogP contribution in [0.5, 0.6) is 0 Å². The molecule has 1 N–H and O–H groups in total. The van der Waals surface area contributed by atoms with E-state index < -0.39 is 11.2 Å². The Morgan fingerprint density at radius 1 is 1.35 bits per heavy atom. The molecule has 2 rings (SSSR count). The molecule has 88 valence electrons. The van der Waals surface area contributed by atoms with Crippen LogP contribution in [0.1, 0.15) is 15.8 Å². The summed E-state index contributed by atoms with van der Waals surface area (Å²) in [4.78, 5) is 11.2. The van der Waals surface area contributed by atoms with E-state index in [9.17, 15) is 9.90 Å². The maximum Gasteiger partial charge on any atom is 0.321 e. The summed E-state index contributed by atoms with van der Waals surface area (Å²) in [5, 5.41) is 17.2. The first-order valence-electron chi connectivity index (χ1n) is 4.91. The van der Waals surface area contributed by atoms with E-state index >= 15 is 0 Å². The van der Waals surface area contributed by atoms with Crippen LogP contribution in [0.15, 0.2) is 34.7 Å². The van der Waals surface area contributed by atoms with Gasteiger partial charge in [-0.15, -0.1) is 10.2 Å². The monoisotopic (exact) mass is 266 g/mol. The molecule has 17 heavy (non-hydrogen) atoms. The molecule has 2 aromatic rings.